The second kappa shape index (κ2) is 13.2. The van der Waals surface area contributed by atoms with Gasteiger partial charge in [-0.05, 0) is 47.1 Å². The van der Waals surface area contributed by atoms with Crippen LogP contribution in [0.5, 0.6) is 0 Å². The van der Waals surface area contributed by atoms with Crippen LogP contribution >= 0.6 is 12.2 Å². The van der Waals surface area contributed by atoms with Crippen molar-refractivity contribution in [2.24, 2.45) is 4.99 Å². The number of carbonyl (C=O) groups excluding carboxylic acids is 2. The van der Waals surface area contributed by atoms with Crippen LogP contribution in [0.25, 0.3) is 0 Å². The number of aromatic nitrogens is 1. The Hall–Kier alpha value is -2.88. The minimum atomic E-state index is -4.70. The average Bonchev–Trinajstić information content (AvgIpc) is 3.14. The first-order chi connectivity index (χ1) is 19.1. The van der Waals surface area contributed by atoms with Gasteiger partial charge in [-0.3, -0.25) is 14.6 Å². The number of carbonyl (C=O) groups is 2. The van der Waals surface area contributed by atoms with Gasteiger partial charge in [-0.25, -0.2) is 22.5 Å². The molecule has 1 aliphatic rings. The number of thiocarbonyl (C=S) groups is 1. The highest BCUT2D eigenvalue weighted by Gasteiger charge is 2.47. The molecule has 3 N–H and O–H groups in total. The molecule has 42 heavy (non-hydrogen) atoms. The summed E-state index contributed by atoms with van der Waals surface area (Å²) in [6.07, 6.45) is -8.34. The largest absolute Gasteiger partial charge is 0.408 e. The van der Waals surface area contributed by atoms with Crippen LogP contribution in [0.2, 0.25) is 0 Å². The van der Waals surface area contributed by atoms with Crippen molar-refractivity contribution in [1.82, 2.24) is 15.2 Å². The molecule has 1 aromatic rings. The van der Waals surface area contributed by atoms with E-state index in [-0.39, 0.29) is 5.71 Å². The SMILES string of the molecule is CC[C@H](Nc1cc(C(F)F)c(C(=S)C(N=C(C)C(=O)N[C@H](C)C(C)(C)O)C(=O)N2CC(F)(F)C[C@@H]2C)cn1)C(F)(F)F. The highest BCUT2D eigenvalue weighted by Crippen LogP contribution is 2.34. The number of rotatable bonds is 11. The molecule has 1 unspecified atom stereocenters. The van der Waals surface area contributed by atoms with Crippen molar-refractivity contribution in [1.29, 1.82) is 0 Å². The summed E-state index contributed by atoms with van der Waals surface area (Å²) in [5.74, 6) is -5.71. The number of anilines is 1. The van der Waals surface area contributed by atoms with E-state index in [1.165, 1.54) is 41.5 Å². The molecule has 16 heteroatoms. The van der Waals surface area contributed by atoms with Crippen LogP contribution in [-0.4, -0.2) is 85.8 Å². The van der Waals surface area contributed by atoms with E-state index in [2.05, 4.69) is 15.3 Å². The average molecular weight is 630 g/mol. The number of alkyl halides is 7. The van der Waals surface area contributed by atoms with Crippen molar-refractivity contribution in [3.63, 3.8) is 0 Å². The minimum absolute atomic E-state index is 0.369. The summed E-state index contributed by atoms with van der Waals surface area (Å²) in [5, 5.41) is 14.6. The number of aliphatic imine (C=N–C) groups is 1. The van der Waals surface area contributed by atoms with Gasteiger partial charge in [0.15, 0.2) is 6.04 Å². The summed E-state index contributed by atoms with van der Waals surface area (Å²) in [4.78, 5) is 34.3. The van der Waals surface area contributed by atoms with E-state index >= 15 is 0 Å². The first kappa shape index (κ1) is 35.3. The van der Waals surface area contributed by atoms with Crippen LogP contribution in [0.4, 0.5) is 36.6 Å². The first-order valence-electron chi connectivity index (χ1n) is 13.0. The zero-order chi connectivity index (χ0) is 32.4. The van der Waals surface area contributed by atoms with E-state index in [1.54, 1.807) is 0 Å². The fourth-order valence-corrected chi connectivity index (χ4v) is 4.42. The molecule has 1 aromatic heterocycles. The second-order valence-electron chi connectivity index (χ2n) is 10.8. The molecule has 2 rings (SSSR count). The summed E-state index contributed by atoms with van der Waals surface area (Å²) in [5.41, 5.74) is -3.12. The van der Waals surface area contributed by atoms with Gasteiger partial charge >= 0.3 is 6.18 Å². The Kier molecular flexibility index (Phi) is 11.1. The van der Waals surface area contributed by atoms with Gasteiger partial charge in [-0.1, -0.05) is 19.1 Å². The third-order valence-electron chi connectivity index (χ3n) is 6.91. The Morgan fingerprint density at radius 2 is 1.88 bits per heavy atom. The number of hydrogen-bond donors (Lipinski definition) is 3. The molecule has 0 spiro atoms. The molecule has 0 saturated carbocycles. The lowest BCUT2D eigenvalue weighted by atomic mass is 10.00. The Balaban J connectivity index is 2.57. The molecule has 1 saturated heterocycles. The molecule has 0 aliphatic carbocycles. The number of likely N-dealkylation sites (tertiary alicyclic amines) is 1. The predicted molar refractivity (Wildman–Crippen MR) is 146 cm³/mol. The van der Waals surface area contributed by atoms with Crippen molar-refractivity contribution in [2.75, 3.05) is 11.9 Å². The maximum Gasteiger partial charge on any atom is 0.408 e. The number of halogens is 7. The van der Waals surface area contributed by atoms with E-state index in [9.17, 15) is 45.4 Å². The minimum Gasteiger partial charge on any atom is -0.388 e. The molecule has 0 aromatic carbocycles. The van der Waals surface area contributed by atoms with Crippen LogP contribution in [0, 0.1) is 0 Å². The fourth-order valence-electron chi connectivity index (χ4n) is 4.10. The van der Waals surface area contributed by atoms with Crippen molar-refractivity contribution in [2.45, 2.75) is 103 Å². The van der Waals surface area contributed by atoms with Crippen LogP contribution in [0.15, 0.2) is 17.3 Å². The van der Waals surface area contributed by atoms with Gasteiger partial charge in [0.2, 0.25) is 0 Å². The Morgan fingerprint density at radius 1 is 1.29 bits per heavy atom. The van der Waals surface area contributed by atoms with Gasteiger partial charge < -0.3 is 20.6 Å². The van der Waals surface area contributed by atoms with Crippen LogP contribution in [0.1, 0.15) is 71.9 Å². The standard InChI is InChI=1S/C26H34F7N5O3S/c1-7-17(26(31,32)33)37-18-8-15(21(27)28)16(10-34-18)20(42)19(23(40)38-11-25(29,30)9-12(38)2)35-13(3)22(39)36-14(4)24(5,6)41/h8,10,12,14,17,19,21,41H,7,9,11H2,1-6H3,(H,34,37)(H,36,39)/t12-,14+,17-,19?/m0/s1. The van der Waals surface area contributed by atoms with Gasteiger partial charge in [0.1, 0.15) is 11.9 Å². The molecular formula is C26H34F7N5O3S. The molecule has 2 heterocycles. The van der Waals surface area contributed by atoms with Gasteiger partial charge in [0, 0.05) is 29.8 Å². The van der Waals surface area contributed by atoms with Gasteiger partial charge in [-0.2, -0.15) is 13.2 Å². The van der Waals surface area contributed by atoms with Crippen molar-refractivity contribution in [3.05, 3.63) is 23.4 Å². The van der Waals surface area contributed by atoms with Crippen LogP contribution in [0.3, 0.4) is 0 Å². The van der Waals surface area contributed by atoms with Gasteiger partial charge in [0.25, 0.3) is 24.2 Å². The maximum absolute atomic E-state index is 14.1. The summed E-state index contributed by atoms with van der Waals surface area (Å²) in [6.45, 7) is 7.11. The highest BCUT2D eigenvalue weighted by atomic mass is 32.1. The molecule has 1 fully saturated rings. The van der Waals surface area contributed by atoms with E-state index in [0.29, 0.717) is 6.07 Å². The first-order valence-corrected chi connectivity index (χ1v) is 13.4. The molecular weight excluding hydrogens is 595 g/mol. The van der Waals surface area contributed by atoms with Crippen LogP contribution < -0.4 is 10.6 Å². The smallest absolute Gasteiger partial charge is 0.388 e. The molecule has 236 valence electrons. The van der Waals surface area contributed by atoms with Gasteiger partial charge in [0.05, 0.1) is 28.8 Å². The van der Waals surface area contributed by atoms with Crippen molar-refractivity contribution >= 4 is 40.4 Å². The molecule has 2 amide bonds. The van der Waals surface area contributed by atoms with E-state index in [4.69, 9.17) is 12.2 Å². The molecule has 1 aliphatic heterocycles. The molecule has 8 nitrogen and oxygen atoms in total. The maximum atomic E-state index is 14.1. The Labute approximate surface area is 244 Å². The van der Waals surface area contributed by atoms with Crippen molar-refractivity contribution in [3.8, 4) is 0 Å². The normalized spacial score (nSPS) is 19.8. The zero-order valence-electron chi connectivity index (χ0n) is 23.8. The third kappa shape index (κ3) is 8.82. The highest BCUT2D eigenvalue weighted by molar-refractivity contribution is 7.81. The number of nitrogens with one attached hydrogen (secondary N) is 2. The lowest BCUT2D eigenvalue weighted by molar-refractivity contribution is -0.143. The third-order valence-corrected chi connectivity index (χ3v) is 7.36. The summed E-state index contributed by atoms with van der Waals surface area (Å²) >= 11 is 5.33. The van der Waals surface area contributed by atoms with E-state index < -0.39 is 101 Å². The number of pyridine rings is 1. The zero-order valence-corrected chi connectivity index (χ0v) is 24.6. The quantitative estimate of drug-likeness (QED) is 0.140. The predicted octanol–water partition coefficient (Wildman–Crippen LogP) is 4.85. The van der Waals surface area contributed by atoms with Crippen molar-refractivity contribution < 1.29 is 45.4 Å². The monoisotopic (exact) mass is 629 g/mol. The van der Waals surface area contributed by atoms with E-state index in [1.807, 2.05) is 5.32 Å². The number of nitrogens with zero attached hydrogens (tertiary/aromatic N) is 3. The lowest BCUT2D eigenvalue weighted by Gasteiger charge is -2.28. The van der Waals surface area contributed by atoms with E-state index in [0.717, 1.165) is 11.1 Å². The summed E-state index contributed by atoms with van der Waals surface area (Å²) < 4.78 is 96.2. The molecule has 4 atom stereocenters. The van der Waals surface area contributed by atoms with Gasteiger partial charge in [-0.15, -0.1) is 0 Å². The second-order valence-corrected chi connectivity index (χ2v) is 11.2. The number of aliphatic hydroxyl groups is 1. The number of amides is 2. The molecule has 0 radical (unpaired) electrons. The summed E-state index contributed by atoms with van der Waals surface area (Å²) in [7, 11) is 0. The Bertz CT molecular complexity index is 1200. The Morgan fingerprint density at radius 3 is 2.33 bits per heavy atom. The number of hydrogen-bond acceptors (Lipinski definition) is 7. The molecule has 0 bridgehead atoms. The van der Waals surface area contributed by atoms with Crippen LogP contribution in [-0.2, 0) is 9.59 Å². The summed E-state index contributed by atoms with van der Waals surface area (Å²) in [6, 6.07) is -5.12. The fraction of sp³-hybridized carbons (Fsp3) is 0.654. The topological polar surface area (TPSA) is 107 Å². The lowest BCUT2D eigenvalue weighted by Crippen LogP contribution is -2.49.